The smallest absolute Gasteiger partial charge is 0.184 e. The lowest BCUT2D eigenvalue weighted by Crippen LogP contribution is -2.48. The fourth-order valence-electron chi connectivity index (χ4n) is 2.68. The topological polar surface area (TPSA) is 46.2 Å². The van der Waals surface area contributed by atoms with Crippen LogP contribution in [0.4, 0.5) is 0 Å². The molecule has 2 rings (SSSR count). The Morgan fingerprint density at radius 1 is 1.13 bits per heavy atom. The highest BCUT2D eigenvalue weighted by atomic mass is 28.4. The molecule has 1 aromatic carbocycles. The lowest BCUT2D eigenvalue weighted by molar-refractivity contribution is -0.255. The van der Waals surface area contributed by atoms with Crippen LogP contribution in [-0.2, 0) is 23.4 Å². The molecule has 23 heavy (non-hydrogen) atoms. The second-order valence-corrected chi connectivity index (χ2v) is 11.1. The molecule has 0 aliphatic carbocycles. The van der Waals surface area contributed by atoms with Gasteiger partial charge in [0.1, 0.15) is 0 Å². The summed E-state index contributed by atoms with van der Waals surface area (Å²) in [5, 5.41) is 0. The largest absolute Gasteiger partial charge is 0.409 e. The molecule has 0 radical (unpaired) electrons. The molecule has 0 saturated carbocycles. The Kier molecular flexibility index (Phi) is 6.76. The van der Waals surface area contributed by atoms with E-state index >= 15 is 0 Å². The zero-order valence-electron chi connectivity index (χ0n) is 14.7. The van der Waals surface area contributed by atoms with E-state index in [2.05, 4.69) is 19.6 Å². The maximum absolute atomic E-state index is 6.20. The maximum Gasteiger partial charge on any atom is 0.184 e. The van der Waals surface area contributed by atoms with Crippen LogP contribution in [0.25, 0.3) is 0 Å². The first-order valence-electron chi connectivity index (χ1n) is 7.98. The summed E-state index contributed by atoms with van der Waals surface area (Å²) in [6.45, 7) is 6.95. The van der Waals surface area contributed by atoms with Gasteiger partial charge in [-0.15, -0.1) is 0 Å². The molecule has 0 spiro atoms. The van der Waals surface area contributed by atoms with Crippen LogP contribution in [0.1, 0.15) is 18.3 Å². The van der Waals surface area contributed by atoms with Crippen molar-refractivity contribution in [3.05, 3.63) is 35.9 Å². The molecule has 130 valence electrons. The molecule has 6 heteroatoms. The predicted octanol–water partition coefficient (Wildman–Crippen LogP) is 3.33. The van der Waals surface area contributed by atoms with Crippen LogP contribution in [-0.4, -0.2) is 47.6 Å². The Morgan fingerprint density at radius 2 is 1.83 bits per heavy atom. The molecule has 1 fully saturated rings. The average molecular weight is 340 g/mol. The summed E-state index contributed by atoms with van der Waals surface area (Å²) in [5.74, 6) is 0. The van der Waals surface area contributed by atoms with Crippen LogP contribution < -0.4 is 0 Å². The van der Waals surface area contributed by atoms with Crippen molar-refractivity contribution < 1.29 is 23.4 Å². The minimum Gasteiger partial charge on any atom is -0.409 e. The van der Waals surface area contributed by atoms with Gasteiger partial charge in [0, 0.05) is 26.2 Å². The minimum atomic E-state index is -1.69. The van der Waals surface area contributed by atoms with Crippen molar-refractivity contribution in [3.8, 4) is 0 Å². The van der Waals surface area contributed by atoms with Crippen molar-refractivity contribution in [2.75, 3.05) is 20.8 Å². The minimum absolute atomic E-state index is 0.0899. The molecule has 0 N–H and O–H groups in total. The first kappa shape index (κ1) is 18.6. The Balaban J connectivity index is 2.00. The molecule has 5 nitrogen and oxygen atoms in total. The van der Waals surface area contributed by atoms with E-state index in [1.165, 1.54) is 0 Å². The Labute approximate surface area is 140 Å². The Bertz CT molecular complexity index is 462. The fraction of sp³-hybridized carbons (Fsp3) is 0.647. The van der Waals surface area contributed by atoms with Gasteiger partial charge in [0.05, 0.1) is 18.8 Å². The normalized spacial score (nSPS) is 26.9. The monoisotopic (exact) mass is 340 g/mol. The maximum atomic E-state index is 6.20. The lowest BCUT2D eigenvalue weighted by Gasteiger charge is -2.39. The van der Waals surface area contributed by atoms with Crippen LogP contribution in [0.3, 0.4) is 0 Å². The van der Waals surface area contributed by atoms with Gasteiger partial charge in [-0.25, -0.2) is 0 Å². The van der Waals surface area contributed by atoms with Gasteiger partial charge < -0.3 is 23.4 Å². The molecule has 0 aromatic heterocycles. The van der Waals surface area contributed by atoms with Crippen LogP contribution in [0.5, 0.6) is 0 Å². The van der Waals surface area contributed by atoms with E-state index in [0.29, 0.717) is 6.61 Å². The third kappa shape index (κ3) is 5.67. The van der Waals surface area contributed by atoms with Gasteiger partial charge in [0.15, 0.2) is 20.9 Å². The highest BCUT2D eigenvalue weighted by Gasteiger charge is 2.36. The van der Waals surface area contributed by atoms with Crippen LogP contribution in [0.2, 0.25) is 19.6 Å². The molecule has 2 unspecified atom stereocenters. The van der Waals surface area contributed by atoms with Crippen LogP contribution in [0, 0.1) is 0 Å². The Hall–Kier alpha value is -0.763. The van der Waals surface area contributed by atoms with Crippen molar-refractivity contribution in [2.45, 2.75) is 50.8 Å². The van der Waals surface area contributed by atoms with E-state index in [9.17, 15) is 0 Å². The van der Waals surface area contributed by atoms with Gasteiger partial charge in [-0.2, -0.15) is 0 Å². The number of hydrogen-bond acceptors (Lipinski definition) is 5. The lowest BCUT2D eigenvalue weighted by atomic mass is 10.1. The predicted molar refractivity (Wildman–Crippen MR) is 90.7 cm³/mol. The van der Waals surface area contributed by atoms with Crippen LogP contribution in [0.15, 0.2) is 30.3 Å². The van der Waals surface area contributed by atoms with Gasteiger partial charge in [0.25, 0.3) is 0 Å². The summed E-state index contributed by atoms with van der Waals surface area (Å²) in [5.41, 5.74) is 0.992. The third-order valence-electron chi connectivity index (χ3n) is 3.58. The standard InChI is InChI=1S/C17H28O5Si/c1-18-16(13-9-7-6-8-10-13)21-14-11-15(22-23(3,4)5)17(19-2)20-12-14/h6-10,14-17H,11-12H2,1-5H3/t14-,15?,16?,17-/m0/s1. The van der Waals surface area contributed by atoms with E-state index in [0.717, 1.165) is 12.0 Å². The second-order valence-electron chi connectivity index (χ2n) is 6.68. The Morgan fingerprint density at radius 3 is 2.39 bits per heavy atom. The number of methoxy groups -OCH3 is 2. The van der Waals surface area contributed by atoms with Gasteiger partial charge in [-0.1, -0.05) is 30.3 Å². The van der Waals surface area contributed by atoms with E-state index in [1.807, 2.05) is 30.3 Å². The second kappa shape index (κ2) is 8.37. The molecule has 4 atom stereocenters. The quantitative estimate of drug-likeness (QED) is 0.563. The van der Waals surface area contributed by atoms with E-state index < -0.39 is 14.6 Å². The highest BCUT2D eigenvalue weighted by molar-refractivity contribution is 6.69. The molecule has 1 aromatic rings. The van der Waals surface area contributed by atoms with Gasteiger partial charge in [-0.3, -0.25) is 0 Å². The third-order valence-corrected chi connectivity index (χ3v) is 4.59. The van der Waals surface area contributed by atoms with Gasteiger partial charge in [-0.05, 0) is 19.6 Å². The summed E-state index contributed by atoms with van der Waals surface area (Å²) < 4.78 is 29.0. The van der Waals surface area contributed by atoms with Crippen molar-refractivity contribution >= 4 is 8.32 Å². The summed E-state index contributed by atoms with van der Waals surface area (Å²) in [7, 11) is 1.60. The molecular formula is C17H28O5Si. The van der Waals surface area contributed by atoms with Gasteiger partial charge in [0.2, 0.25) is 0 Å². The summed E-state index contributed by atoms with van der Waals surface area (Å²) in [6, 6.07) is 9.90. The van der Waals surface area contributed by atoms with Gasteiger partial charge >= 0.3 is 0 Å². The van der Waals surface area contributed by atoms with E-state index in [1.54, 1.807) is 14.2 Å². The van der Waals surface area contributed by atoms with Crippen molar-refractivity contribution in [3.63, 3.8) is 0 Å². The zero-order valence-corrected chi connectivity index (χ0v) is 15.7. The average Bonchev–Trinajstić information content (AvgIpc) is 2.52. The molecule has 1 saturated heterocycles. The fourth-order valence-corrected chi connectivity index (χ4v) is 3.79. The number of ether oxygens (including phenoxy) is 4. The molecule has 1 aliphatic rings. The first-order chi connectivity index (χ1) is 10.9. The van der Waals surface area contributed by atoms with Crippen molar-refractivity contribution in [1.29, 1.82) is 0 Å². The molecule has 0 amide bonds. The van der Waals surface area contributed by atoms with E-state index in [-0.39, 0.29) is 18.5 Å². The zero-order chi connectivity index (χ0) is 16.9. The van der Waals surface area contributed by atoms with Crippen molar-refractivity contribution in [1.82, 2.24) is 0 Å². The van der Waals surface area contributed by atoms with E-state index in [4.69, 9.17) is 23.4 Å². The first-order valence-corrected chi connectivity index (χ1v) is 11.4. The molecule has 0 bridgehead atoms. The molecule has 1 aliphatic heterocycles. The van der Waals surface area contributed by atoms with Crippen LogP contribution >= 0.6 is 0 Å². The van der Waals surface area contributed by atoms with Crippen molar-refractivity contribution in [2.24, 2.45) is 0 Å². The number of hydrogen-bond donors (Lipinski definition) is 0. The summed E-state index contributed by atoms with van der Waals surface area (Å²) >= 11 is 0. The number of rotatable bonds is 7. The molecular weight excluding hydrogens is 312 g/mol. The SMILES string of the molecule is COC(O[C@@H]1CO[C@H](OC)C(O[Si](C)(C)C)C1)c1ccccc1. The molecule has 1 heterocycles. The summed E-state index contributed by atoms with van der Waals surface area (Å²) in [4.78, 5) is 0. The summed E-state index contributed by atoms with van der Waals surface area (Å²) in [6.07, 6.45) is -0.211. The number of benzene rings is 1. The highest BCUT2D eigenvalue weighted by Crippen LogP contribution is 2.28.